The molecule has 4 nitrogen and oxygen atoms in total. The van der Waals surface area contributed by atoms with Gasteiger partial charge in [-0.05, 0) is 43.7 Å². The van der Waals surface area contributed by atoms with Gasteiger partial charge in [0.15, 0.2) is 11.6 Å². The van der Waals surface area contributed by atoms with Gasteiger partial charge in [-0.3, -0.25) is 4.79 Å². The van der Waals surface area contributed by atoms with Gasteiger partial charge >= 0.3 is 0 Å². The molecule has 0 spiro atoms. The van der Waals surface area contributed by atoms with E-state index in [1.54, 1.807) is 0 Å². The Labute approximate surface area is 110 Å². The Morgan fingerprint density at radius 2 is 2.21 bits per heavy atom. The summed E-state index contributed by atoms with van der Waals surface area (Å²) < 4.78 is 5.85. The van der Waals surface area contributed by atoms with Crippen LogP contribution in [0.4, 0.5) is 0 Å². The summed E-state index contributed by atoms with van der Waals surface area (Å²) in [5.74, 6) is 3.54. The Hall–Kier alpha value is -1.84. The average molecular weight is 256 g/mol. The molecule has 2 atom stereocenters. The molecule has 0 saturated heterocycles. The van der Waals surface area contributed by atoms with Gasteiger partial charge in [-0.2, -0.15) is 0 Å². The molecule has 2 heterocycles. The molecular weight excluding hydrogens is 240 g/mol. The van der Waals surface area contributed by atoms with E-state index in [0.717, 1.165) is 36.3 Å². The first kappa shape index (κ1) is 11.0. The van der Waals surface area contributed by atoms with Crippen LogP contribution in [-0.4, -0.2) is 9.97 Å². The Bertz CT molecular complexity index is 698. The first-order valence-corrected chi connectivity index (χ1v) is 6.94. The van der Waals surface area contributed by atoms with E-state index in [2.05, 4.69) is 16.9 Å². The second-order valence-corrected chi connectivity index (χ2v) is 5.71. The lowest BCUT2D eigenvalue weighted by atomic mass is 10.2. The van der Waals surface area contributed by atoms with Gasteiger partial charge in [-0.25, -0.2) is 4.98 Å². The summed E-state index contributed by atoms with van der Waals surface area (Å²) in [5, 5.41) is 0. The molecule has 2 aliphatic rings. The standard InChI is InChI=1S/C15H16N2O2/c1-8-7-10(8)12-5-6-13(19-12)14-16-11-4-2-3-9(11)15(18)17-14/h5-6,8,10H,2-4,7H2,1H3,(H,16,17,18). The fraction of sp³-hybridized carbons (Fsp3) is 0.467. The second-order valence-electron chi connectivity index (χ2n) is 5.71. The van der Waals surface area contributed by atoms with E-state index in [1.165, 1.54) is 6.42 Å². The second kappa shape index (κ2) is 3.83. The third kappa shape index (κ3) is 1.74. The van der Waals surface area contributed by atoms with Crippen LogP contribution in [0, 0.1) is 5.92 Å². The molecule has 0 radical (unpaired) electrons. The largest absolute Gasteiger partial charge is 0.458 e. The first-order chi connectivity index (χ1) is 9.22. The molecule has 98 valence electrons. The van der Waals surface area contributed by atoms with E-state index < -0.39 is 0 Å². The van der Waals surface area contributed by atoms with Crippen molar-refractivity contribution in [3.8, 4) is 11.6 Å². The van der Waals surface area contributed by atoms with Crippen LogP contribution < -0.4 is 5.56 Å². The van der Waals surface area contributed by atoms with Gasteiger partial charge in [0.2, 0.25) is 0 Å². The molecular formula is C15H16N2O2. The maximum absolute atomic E-state index is 12.0. The van der Waals surface area contributed by atoms with Crippen LogP contribution in [0.15, 0.2) is 21.3 Å². The summed E-state index contributed by atoms with van der Waals surface area (Å²) in [6, 6.07) is 3.93. The number of aryl methyl sites for hydroxylation is 1. The molecule has 4 heteroatoms. The number of fused-ring (bicyclic) bond motifs is 1. The van der Waals surface area contributed by atoms with Crippen LogP contribution in [0.1, 0.15) is 42.7 Å². The number of aromatic amines is 1. The van der Waals surface area contributed by atoms with Crippen molar-refractivity contribution in [2.45, 2.75) is 38.5 Å². The molecule has 0 aliphatic heterocycles. The van der Waals surface area contributed by atoms with Crippen molar-refractivity contribution >= 4 is 0 Å². The van der Waals surface area contributed by atoms with Gasteiger partial charge in [0.25, 0.3) is 5.56 Å². The van der Waals surface area contributed by atoms with Crippen LogP contribution in [-0.2, 0) is 12.8 Å². The highest BCUT2D eigenvalue weighted by atomic mass is 16.3. The van der Waals surface area contributed by atoms with E-state index in [9.17, 15) is 4.79 Å². The van der Waals surface area contributed by atoms with Gasteiger partial charge in [0, 0.05) is 11.5 Å². The number of nitrogens with one attached hydrogen (secondary N) is 1. The van der Waals surface area contributed by atoms with E-state index in [4.69, 9.17) is 4.42 Å². The van der Waals surface area contributed by atoms with Crippen LogP contribution >= 0.6 is 0 Å². The Balaban J connectivity index is 1.74. The minimum atomic E-state index is -0.00441. The van der Waals surface area contributed by atoms with Crippen molar-refractivity contribution < 1.29 is 4.42 Å². The zero-order chi connectivity index (χ0) is 13.0. The van der Waals surface area contributed by atoms with Crippen LogP contribution in [0.25, 0.3) is 11.6 Å². The maximum atomic E-state index is 12.0. The van der Waals surface area contributed by atoms with Crippen molar-refractivity contribution in [3.05, 3.63) is 39.5 Å². The number of hydrogen-bond donors (Lipinski definition) is 1. The number of H-pyrrole nitrogens is 1. The van der Waals surface area contributed by atoms with Crippen molar-refractivity contribution in [1.82, 2.24) is 9.97 Å². The topological polar surface area (TPSA) is 58.9 Å². The van der Waals surface area contributed by atoms with E-state index in [-0.39, 0.29) is 5.56 Å². The van der Waals surface area contributed by atoms with Gasteiger partial charge in [0.05, 0.1) is 5.69 Å². The predicted molar refractivity (Wildman–Crippen MR) is 71.1 cm³/mol. The summed E-state index contributed by atoms with van der Waals surface area (Å²) in [6.45, 7) is 2.22. The van der Waals surface area contributed by atoms with Crippen LogP contribution in [0.5, 0.6) is 0 Å². The normalized spacial score (nSPS) is 24.5. The van der Waals surface area contributed by atoms with E-state index >= 15 is 0 Å². The molecule has 0 aromatic carbocycles. The van der Waals surface area contributed by atoms with Gasteiger partial charge in [-0.1, -0.05) is 6.92 Å². The molecule has 2 aliphatic carbocycles. The van der Waals surface area contributed by atoms with E-state index in [0.29, 0.717) is 23.4 Å². The molecule has 2 aromatic rings. The number of nitrogens with zero attached hydrogens (tertiary/aromatic N) is 1. The third-order valence-electron chi connectivity index (χ3n) is 4.28. The smallest absolute Gasteiger partial charge is 0.254 e. The molecule has 2 aromatic heterocycles. The number of aromatic nitrogens is 2. The quantitative estimate of drug-likeness (QED) is 0.898. The summed E-state index contributed by atoms with van der Waals surface area (Å²) in [7, 11) is 0. The Morgan fingerprint density at radius 1 is 1.37 bits per heavy atom. The van der Waals surface area contributed by atoms with E-state index in [1.807, 2.05) is 12.1 Å². The van der Waals surface area contributed by atoms with Crippen LogP contribution in [0.2, 0.25) is 0 Å². The van der Waals surface area contributed by atoms with Crippen molar-refractivity contribution in [3.63, 3.8) is 0 Å². The van der Waals surface area contributed by atoms with Gasteiger partial charge < -0.3 is 9.40 Å². The fourth-order valence-corrected chi connectivity index (χ4v) is 2.96. The van der Waals surface area contributed by atoms with Gasteiger partial charge in [-0.15, -0.1) is 0 Å². The molecule has 2 unspecified atom stereocenters. The van der Waals surface area contributed by atoms with Crippen molar-refractivity contribution in [1.29, 1.82) is 0 Å². The average Bonchev–Trinajstić information content (AvgIpc) is 2.88. The lowest BCUT2D eigenvalue weighted by Crippen LogP contribution is -2.14. The molecule has 1 saturated carbocycles. The number of furan rings is 1. The fourth-order valence-electron chi connectivity index (χ4n) is 2.96. The van der Waals surface area contributed by atoms with Gasteiger partial charge in [0.1, 0.15) is 5.76 Å². The molecule has 0 bridgehead atoms. The zero-order valence-corrected chi connectivity index (χ0v) is 10.9. The highest BCUT2D eigenvalue weighted by Gasteiger charge is 2.36. The molecule has 1 fully saturated rings. The zero-order valence-electron chi connectivity index (χ0n) is 10.9. The maximum Gasteiger partial charge on any atom is 0.254 e. The lowest BCUT2D eigenvalue weighted by Gasteiger charge is -2.01. The minimum Gasteiger partial charge on any atom is -0.458 e. The van der Waals surface area contributed by atoms with Crippen molar-refractivity contribution in [2.24, 2.45) is 5.92 Å². The highest BCUT2D eigenvalue weighted by Crippen LogP contribution is 2.47. The monoisotopic (exact) mass is 256 g/mol. The minimum absolute atomic E-state index is 0.00441. The molecule has 4 rings (SSSR count). The SMILES string of the molecule is CC1CC1c1ccc(-c2nc3c(c(=O)[nH]2)CCC3)o1. The summed E-state index contributed by atoms with van der Waals surface area (Å²) in [5.41, 5.74) is 1.79. The molecule has 1 N–H and O–H groups in total. The lowest BCUT2D eigenvalue weighted by molar-refractivity contribution is 0.514. The first-order valence-electron chi connectivity index (χ1n) is 6.94. The third-order valence-corrected chi connectivity index (χ3v) is 4.28. The Kier molecular flexibility index (Phi) is 2.22. The summed E-state index contributed by atoms with van der Waals surface area (Å²) >= 11 is 0. The summed E-state index contributed by atoms with van der Waals surface area (Å²) in [4.78, 5) is 19.4. The van der Waals surface area contributed by atoms with Crippen molar-refractivity contribution in [2.75, 3.05) is 0 Å². The Morgan fingerprint density at radius 3 is 3.00 bits per heavy atom. The van der Waals surface area contributed by atoms with Crippen LogP contribution in [0.3, 0.4) is 0 Å². The number of rotatable bonds is 2. The highest BCUT2D eigenvalue weighted by molar-refractivity contribution is 5.48. The molecule has 19 heavy (non-hydrogen) atoms. The summed E-state index contributed by atoms with van der Waals surface area (Å²) in [6.07, 6.45) is 3.97. The number of hydrogen-bond acceptors (Lipinski definition) is 3. The predicted octanol–water partition coefficient (Wildman–Crippen LogP) is 2.64. The molecule has 0 amide bonds.